The van der Waals surface area contributed by atoms with Crippen molar-refractivity contribution in [2.75, 3.05) is 6.54 Å². The average molecular weight is 344 g/mol. The highest BCUT2D eigenvalue weighted by Crippen LogP contribution is 2.24. The normalized spacial score (nSPS) is 22.0. The number of carbonyl (C=O) groups excluding carboxylic acids is 1. The molecule has 0 saturated heterocycles. The first-order chi connectivity index (χ1) is 11.7. The Labute approximate surface area is 148 Å². The van der Waals surface area contributed by atoms with Crippen LogP contribution in [-0.2, 0) is 4.79 Å². The Morgan fingerprint density at radius 2 is 2.00 bits per heavy atom. The second kappa shape index (κ2) is 8.45. The second-order valence-corrected chi connectivity index (χ2v) is 7.76. The lowest BCUT2D eigenvalue weighted by Gasteiger charge is -2.29. The lowest BCUT2D eigenvalue weighted by atomic mass is 9.86. The summed E-state index contributed by atoms with van der Waals surface area (Å²) in [6, 6.07) is 15.2. The first-order valence-electron chi connectivity index (χ1n) is 8.95. The number of nitrogens with one attached hydrogen (secondary N) is 1. The fourth-order valence-corrected chi connectivity index (χ4v) is 4.42. The molecule has 1 aliphatic rings. The van der Waals surface area contributed by atoms with Gasteiger partial charge < -0.3 is 10.6 Å². The van der Waals surface area contributed by atoms with Gasteiger partial charge in [-0.1, -0.05) is 56.2 Å². The van der Waals surface area contributed by atoms with E-state index >= 15 is 0 Å². The molecule has 3 rings (SSSR count). The highest BCUT2D eigenvalue weighted by molar-refractivity contribution is 7.10. The van der Waals surface area contributed by atoms with Crippen LogP contribution < -0.4 is 10.6 Å². The third kappa shape index (κ3) is 4.46. The summed E-state index contributed by atoms with van der Waals surface area (Å²) in [6.07, 6.45) is 4.89. The monoisotopic (exact) mass is 343 g/mol. The molecule has 3 nitrogen and oxygen atoms in total. The van der Waals surface area contributed by atoms with Gasteiger partial charge >= 0.3 is 0 Å². The summed E-state index contributed by atoms with van der Waals surface area (Å²) < 4.78 is 0. The Hall–Kier alpha value is -1.65. The molecule has 1 aliphatic carbocycles. The van der Waals surface area contributed by atoms with Gasteiger partial charge in [-0.05, 0) is 30.2 Å². The van der Waals surface area contributed by atoms with Gasteiger partial charge in [-0.25, -0.2) is 0 Å². The van der Waals surface area contributed by atoms with E-state index in [1.165, 1.54) is 29.7 Å². The number of benzene rings is 1. The van der Waals surface area contributed by atoms with E-state index in [1.807, 2.05) is 6.07 Å². The minimum atomic E-state index is 0.159. The number of carbonyl (C=O) groups is 1. The number of rotatable bonds is 6. The van der Waals surface area contributed by atoms with Crippen LogP contribution in [0.2, 0.25) is 0 Å². The fraction of sp³-hybridized carbons (Fsp3) is 0.450. The van der Waals surface area contributed by atoms with Crippen LogP contribution in [0.3, 0.4) is 0 Å². The van der Waals surface area contributed by atoms with Crippen molar-refractivity contribution in [3.05, 3.63) is 58.3 Å². The molecule has 0 bridgehead atoms. The van der Waals surface area contributed by atoms with Crippen LogP contribution >= 0.6 is 11.3 Å². The van der Waals surface area contributed by atoms with Gasteiger partial charge in [-0.2, -0.15) is 0 Å². The molecule has 1 aromatic heterocycles. The van der Waals surface area contributed by atoms with Gasteiger partial charge in [0, 0.05) is 11.6 Å². The molecule has 24 heavy (non-hydrogen) atoms. The Morgan fingerprint density at radius 1 is 1.21 bits per heavy atom. The third-order valence-corrected chi connectivity index (χ3v) is 5.96. The molecule has 128 valence electrons. The van der Waals surface area contributed by atoms with E-state index in [4.69, 9.17) is 0 Å². The zero-order valence-corrected chi connectivity index (χ0v) is 15.1. The first-order valence-corrected chi connectivity index (χ1v) is 9.83. The maximum Gasteiger partial charge on any atom is 0.275 e. The summed E-state index contributed by atoms with van der Waals surface area (Å²) in [4.78, 5) is 13.7. The van der Waals surface area contributed by atoms with Gasteiger partial charge in [0.15, 0.2) is 6.54 Å². The van der Waals surface area contributed by atoms with Crippen LogP contribution in [0.1, 0.15) is 49.1 Å². The van der Waals surface area contributed by atoms with Crippen molar-refractivity contribution >= 4 is 17.2 Å². The lowest BCUT2D eigenvalue weighted by molar-refractivity contribution is -0.676. The van der Waals surface area contributed by atoms with Crippen LogP contribution in [0, 0.1) is 5.92 Å². The topological polar surface area (TPSA) is 45.7 Å². The van der Waals surface area contributed by atoms with Crippen LogP contribution in [-0.4, -0.2) is 18.5 Å². The molecular formula is C20H27N2OS+. The van der Waals surface area contributed by atoms with E-state index < -0.39 is 0 Å². The molecule has 0 aliphatic heterocycles. The summed E-state index contributed by atoms with van der Waals surface area (Å²) in [7, 11) is 0. The summed E-state index contributed by atoms with van der Waals surface area (Å²) >= 11 is 1.75. The highest BCUT2D eigenvalue weighted by atomic mass is 32.1. The Kier molecular flexibility index (Phi) is 6.05. The first kappa shape index (κ1) is 17.2. The standard InChI is InChI=1S/C20H26N2OS/c1-15-8-5-6-11-17(15)22-19(23)14-21-20(18-12-7-13-24-18)16-9-3-2-4-10-16/h2-4,7,9-10,12-13,15,17,20-21H,5-6,8,11,14H2,1H3,(H,22,23)/p+1/t15-,17+,20-/m0/s1. The van der Waals surface area contributed by atoms with E-state index in [0.717, 1.165) is 6.42 Å². The van der Waals surface area contributed by atoms with Gasteiger partial charge in [0.25, 0.3) is 5.91 Å². The zero-order chi connectivity index (χ0) is 16.8. The Morgan fingerprint density at radius 3 is 2.71 bits per heavy atom. The number of hydrogen-bond acceptors (Lipinski definition) is 2. The number of thiophene rings is 1. The maximum absolute atomic E-state index is 12.4. The minimum absolute atomic E-state index is 0.159. The molecule has 1 heterocycles. The molecule has 1 aromatic carbocycles. The van der Waals surface area contributed by atoms with Gasteiger partial charge in [0.2, 0.25) is 0 Å². The maximum atomic E-state index is 12.4. The molecule has 3 atom stereocenters. The predicted octanol–water partition coefficient (Wildman–Crippen LogP) is 3.10. The van der Waals surface area contributed by atoms with Gasteiger partial charge in [-0.15, -0.1) is 11.3 Å². The summed E-state index contributed by atoms with van der Waals surface area (Å²) in [5, 5.41) is 7.51. The van der Waals surface area contributed by atoms with Crippen molar-refractivity contribution in [3.63, 3.8) is 0 Å². The van der Waals surface area contributed by atoms with Crippen LogP contribution in [0.15, 0.2) is 47.8 Å². The molecule has 0 spiro atoms. The van der Waals surface area contributed by atoms with Gasteiger partial charge in [0.05, 0.1) is 4.88 Å². The summed E-state index contributed by atoms with van der Waals surface area (Å²) in [5.41, 5.74) is 1.25. The number of quaternary nitrogens is 1. The largest absolute Gasteiger partial charge is 0.348 e. The molecule has 4 heteroatoms. The zero-order valence-electron chi connectivity index (χ0n) is 14.3. The fourth-order valence-electron chi connectivity index (χ4n) is 3.57. The van der Waals surface area contributed by atoms with Gasteiger partial charge in [0.1, 0.15) is 6.04 Å². The van der Waals surface area contributed by atoms with Crippen molar-refractivity contribution in [1.29, 1.82) is 0 Å². The van der Waals surface area contributed by atoms with Crippen molar-refractivity contribution in [3.8, 4) is 0 Å². The average Bonchev–Trinajstić information content (AvgIpc) is 3.12. The van der Waals surface area contributed by atoms with Crippen molar-refractivity contribution in [2.45, 2.75) is 44.7 Å². The van der Waals surface area contributed by atoms with Crippen molar-refractivity contribution < 1.29 is 10.1 Å². The summed E-state index contributed by atoms with van der Waals surface area (Å²) in [5.74, 6) is 0.760. The molecule has 1 saturated carbocycles. The Balaban J connectivity index is 1.60. The SMILES string of the molecule is C[C@H]1CCCC[C@H]1NC(=O)C[NH2+][C@@H](c1ccccc1)c1cccs1. The van der Waals surface area contributed by atoms with E-state index in [-0.39, 0.29) is 11.9 Å². The smallest absolute Gasteiger partial charge is 0.275 e. The predicted molar refractivity (Wildman–Crippen MR) is 99.0 cm³/mol. The molecule has 0 unspecified atom stereocenters. The number of amides is 1. The van der Waals surface area contributed by atoms with E-state index in [1.54, 1.807) is 11.3 Å². The van der Waals surface area contributed by atoms with Gasteiger partial charge in [-0.3, -0.25) is 4.79 Å². The second-order valence-electron chi connectivity index (χ2n) is 6.78. The highest BCUT2D eigenvalue weighted by Gasteiger charge is 2.24. The third-order valence-electron chi connectivity index (χ3n) is 5.01. The molecule has 1 fully saturated rings. The molecule has 1 amide bonds. The summed E-state index contributed by atoms with van der Waals surface area (Å²) in [6.45, 7) is 2.73. The van der Waals surface area contributed by atoms with Crippen LogP contribution in [0.4, 0.5) is 0 Å². The van der Waals surface area contributed by atoms with Crippen molar-refractivity contribution in [1.82, 2.24) is 5.32 Å². The molecule has 3 N–H and O–H groups in total. The Bertz CT molecular complexity index is 626. The quantitative estimate of drug-likeness (QED) is 0.832. The minimum Gasteiger partial charge on any atom is -0.348 e. The van der Waals surface area contributed by atoms with E-state index in [9.17, 15) is 4.79 Å². The lowest BCUT2D eigenvalue weighted by Crippen LogP contribution is -2.87. The van der Waals surface area contributed by atoms with E-state index in [0.29, 0.717) is 18.5 Å². The molecule has 0 radical (unpaired) electrons. The molecule has 2 aromatic rings. The number of nitrogens with two attached hydrogens (primary N) is 1. The van der Waals surface area contributed by atoms with Crippen molar-refractivity contribution in [2.24, 2.45) is 5.92 Å². The van der Waals surface area contributed by atoms with Crippen LogP contribution in [0.25, 0.3) is 0 Å². The van der Waals surface area contributed by atoms with Crippen LogP contribution in [0.5, 0.6) is 0 Å². The number of hydrogen-bond donors (Lipinski definition) is 2. The van der Waals surface area contributed by atoms with E-state index in [2.05, 4.69) is 59.3 Å². The molecular weight excluding hydrogens is 316 g/mol.